The summed E-state index contributed by atoms with van der Waals surface area (Å²) in [7, 11) is 0. The van der Waals surface area contributed by atoms with Crippen molar-refractivity contribution in [2.75, 3.05) is 17.2 Å². The van der Waals surface area contributed by atoms with E-state index in [1.54, 1.807) is 6.92 Å². The number of hydrogen-bond donors (Lipinski definition) is 2. The summed E-state index contributed by atoms with van der Waals surface area (Å²) in [4.78, 5) is 13.3. The van der Waals surface area contributed by atoms with Crippen LogP contribution in [0.3, 0.4) is 0 Å². The summed E-state index contributed by atoms with van der Waals surface area (Å²) < 4.78 is 4.96. The fraction of sp³-hybridized carbons (Fsp3) is 0.571. The molecule has 1 saturated carbocycles. The van der Waals surface area contributed by atoms with E-state index in [9.17, 15) is 0 Å². The van der Waals surface area contributed by atoms with Crippen molar-refractivity contribution in [2.24, 2.45) is 0 Å². The maximum Gasteiger partial charge on any atom is 0.223 e. The van der Waals surface area contributed by atoms with Gasteiger partial charge in [0.2, 0.25) is 5.89 Å². The molecule has 0 unspecified atom stereocenters. The van der Waals surface area contributed by atoms with Gasteiger partial charge in [0.05, 0.1) is 6.54 Å². The summed E-state index contributed by atoms with van der Waals surface area (Å²) in [6.07, 6.45) is 3.43. The van der Waals surface area contributed by atoms with Crippen LogP contribution >= 0.6 is 0 Å². The Morgan fingerprint density at radius 3 is 2.57 bits per heavy atom. The average Bonchev–Trinajstić information content (AvgIpc) is 3.26. The highest BCUT2D eigenvalue weighted by Crippen LogP contribution is 2.38. The van der Waals surface area contributed by atoms with Crippen LogP contribution in [0.4, 0.5) is 11.6 Å². The van der Waals surface area contributed by atoms with Gasteiger partial charge in [-0.1, -0.05) is 12.1 Å². The molecule has 7 nitrogen and oxygen atoms in total. The Labute approximate surface area is 123 Å². The fourth-order valence-electron chi connectivity index (χ4n) is 2.01. The SMILES string of the molecule is CCCNc1cc(NCc2noc(C)n2)nc(C2CC2)n1. The van der Waals surface area contributed by atoms with Crippen LogP contribution in [0.2, 0.25) is 0 Å². The van der Waals surface area contributed by atoms with Crippen molar-refractivity contribution < 1.29 is 4.52 Å². The van der Waals surface area contributed by atoms with Crippen molar-refractivity contribution in [1.82, 2.24) is 20.1 Å². The van der Waals surface area contributed by atoms with Crippen molar-refractivity contribution in [3.8, 4) is 0 Å². The Morgan fingerprint density at radius 2 is 1.95 bits per heavy atom. The zero-order valence-electron chi connectivity index (χ0n) is 12.4. The molecule has 112 valence electrons. The number of aryl methyl sites for hydroxylation is 1. The summed E-state index contributed by atoms with van der Waals surface area (Å²) in [5.41, 5.74) is 0. The highest BCUT2D eigenvalue weighted by Gasteiger charge is 2.27. The second-order valence-electron chi connectivity index (χ2n) is 5.28. The molecule has 0 aliphatic heterocycles. The number of aromatic nitrogens is 4. The highest BCUT2D eigenvalue weighted by molar-refractivity contribution is 5.48. The molecule has 1 aliphatic rings. The largest absolute Gasteiger partial charge is 0.370 e. The van der Waals surface area contributed by atoms with Crippen LogP contribution in [-0.4, -0.2) is 26.7 Å². The average molecular weight is 288 g/mol. The van der Waals surface area contributed by atoms with Crippen molar-refractivity contribution in [2.45, 2.75) is 45.6 Å². The van der Waals surface area contributed by atoms with E-state index in [0.29, 0.717) is 24.2 Å². The number of rotatable bonds is 7. The van der Waals surface area contributed by atoms with Crippen molar-refractivity contribution >= 4 is 11.6 Å². The minimum absolute atomic E-state index is 0.492. The molecule has 2 aromatic rings. The van der Waals surface area contributed by atoms with Gasteiger partial charge < -0.3 is 15.2 Å². The van der Waals surface area contributed by atoms with Crippen LogP contribution < -0.4 is 10.6 Å². The van der Waals surface area contributed by atoms with Gasteiger partial charge in [0.15, 0.2) is 5.82 Å². The topological polar surface area (TPSA) is 88.8 Å². The third kappa shape index (κ3) is 3.68. The van der Waals surface area contributed by atoms with Crippen molar-refractivity contribution in [1.29, 1.82) is 0 Å². The lowest BCUT2D eigenvalue weighted by atomic mass is 10.3. The summed E-state index contributed by atoms with van der Waals surface area (Å²) in [6, 6.07) is 1.93. The second-order valence-corrected chi connectivity index (χ2v) is 5.28. The summed E-state index contributed by atoms with van der Waals surface area (Å²) in [6.45, 7) is 5.31. The molecule has 0 saturated heterocycles. The van der Waals surface area contributed by atoms with E-state index in [1.807, 2.05) is 6.07 Å². The molecule has 3 rings (SSSR count). The van der Waals surface area contributed by atoms with Crippen LogP contribution in [0.5, 0.6) is 0 Å². The molecule has 21 heavy (non-hydrogen) atoms. The Morgan fingerprint density at radius 1 is 1.19 bits per heavy atom. The van der Waals surface area contributed by atoms with Crippen molar-refractivity contribution in [3.05, 3.63) is 23.6 Å². The van der Waals surface area contributed by atoms with Crippen LogP contribution in [-0.2, 0) is 6.54 Å². The van der Waals surface area contributed by atoms with Gasteiger partial charge in [0.25, 0.3) is 0 Å². The number of nitrogens with one attached hydrogen (secondary N) is 2. The first kappa shape index (κ1) is 13.8. The number of hydrogen-bond acceptors (Lipinski definition) is 7. The lowest BCUT2D eigenvalue weighted by Gasteiger charge is -2.09. The maximum absolute atomic E-state index is 4.96. The van der Waals surface area contributed by atoms with Crippen LogP contribution in [0, 0.1) is 6.92 Å². The minimum Gasteiger partial charge on any atom is -0.370 e. The predicted molar refractivity (Wildman–Crippen MR) is 79.1 cm³/mol. The Bertz CT molecular complexity index is 607. The molecular weight excluding hydrogens is 268 g/mol. The van der Waals surface area contributed by atoms with E-state index in [1.165, 1.54) is 12.8 Å². The van der Waals surface area contributed by atoms with E-state index in [4.69, 9.17) is 4.52 Å². The Hall–Kier alpha value is -2.18. The zero-order valence-corrected chi connectivity index (χ0v) is 12.4. The molecule has 1 fully saturated rings. The molecule has 0 amide bonds. The summed E-state index contributed by atoms with van der Waals surface area (Å²) in [5.74, 6) is 4.30. The zero-order chi connectivity index (χ0) is 14.7. The lowest BCUT2D eigenvalue weighted by Crippen LogP contribution is -2.09. The van der Waals surface area contributed by atoms with Gasteiger partial charge in [-0.15, -0.1) is 0 Å². The molecule has 0 bridgehead atoms. The molecule has 0 radical (unpaired) electrons. The molecule has 0 spiro atoms. The van der Waals surface area contributed by atoms with Crippen LogP contribution in [0.15, 0.2) is 10.6 Å². The molecule has 0 atom stereocenters. The monoisotopic (exact) mass is 288 g/mol. The molecule has 2 N–H and O–H groups in total. The van der Waals surface area contributed by atoms with Gasteiger partial charge in [0, 0.05) is 25.5 Å². The first-order chi connectivity index (χ1) is 10.2. The third-order valence-electron chi connectivity index (χ3n) is 3.24. The number of anilines is 2. The molecule has 1 aliphatic carbocycles. The Kier molecular flexibility index (Phi) is 3.98. The number of nitrogens with zero attached hydrogens (tertiary/aromatic N) is 4. The van der Waals surface area contributed by atoms with Gasteiger partial charge in [-0.2, -0.15) is 4.98 Å². The van der Waals surface area contributed by atoms with E-state index >= 15 is 0 Å². The third-order valence-corrected chi connectivity index (χ3v) is 3.24. The second kappa shape index (κ2) is 6.07. The maximum atomic E-state index is 4.96. The van der Waals surface area contributed by atoms with E-state index in [2.05, 4.69) is 37.7 Å². The Balaban J connectivity index is 1.71. The molecule has 2 heterocycles. The minimum atomic E-state index is 0.492. The standard InChI is InChI=1S/C14H20N6O/c1-3-6-15-11-7-12(19-14(18-11)10-4-5-10)16-8-13-17-9(2)21-20-13/h7,10H,3-6,8H2,1-2H3,(H2,15,16,18,19). The first-order valence-electron chi connectivity index (χ1n) is 7.40. The summed E-state index contributed by atoms with van der Waals surface area (Å²) in [5, 5.41) is 10.4. The molecule has 7 heteroatoms. The van der Waals surface area contributed by atoms with Gasteiger partial charge >= 0.3 is 0 Å². The van der Waals surface area contributed by atoms with Gasteiger partial charge in [-0.25, -0.2) is 9.97 Å². The molecular formula is C14H20N6O. The van der Waals surface area contributed by atoms with Crippen molar-refractivity contribution in [3.63, 3.8) is 0 Å². The fourth-order valence-corrected chi connectivity index (χ4v) is 2.01. The van der Waals surface area contributed by atoms with Gasteiger partial charge in [-0.05, 0) is 19.3 Å². The first-order valence-corrected chi connectivity index (χ1v) is 7.40. The van der Waals surface area contributed by atoms with Gasteiger partial charge in [0.1, 0.15) is 17.5 Å². The normalized spacial score (nSPS) is 14.2. The molecule has 0 aromatic carbocycles. The predicted octanol–water partition coefficient (Wildman–Crippen LogP) is 2.48. The van der Waals surface area contributed by atoms with E-state index in [-0.39, 0.29) is 0 Å². The highest BCUT2D eigenvalue weighted by atomic mass is 16.5. The smallest absolute Gasteiger partial charge is 0.223 e. The lowest BCUT2D eigenvalue weighted by molar-refractivity contribution is 0.388. The van der Waals surface area contributed by atoms with Crippen LogP contribution in [0.1, 0.15) is 49.6 Å². The van der Waals surface area contributed by atoms with Gasteiger partial charge in [-0.3, -0.25) is 0 Å². The molecule has 2 aromatic heterocycles. The van der Waals surface area contributed by atoms with E-state index in [0.717, 1.165) is 30.4 Å². The summed E-state index contributed by atoms with van der Waals surface area (Å²) >= 11 is 0. The quantitative estimate of drug-likeness (QED) is 0.809. The van der Waals surface area contributed by atoms with E-state index < -0.39 is 0 Å². The van der Waals surface area contributed by atoms with Crippen LogP contribution in [0.25, 0.3) is 0 Å².